The van der Waals surface area contributed by atoms with Gasteiger partial charge >= 0.3 is 0 Å². The number of amides is 6. The van der Waals surface area contributed by atoms with Crippen LogP contribution in [0.1, 0.15) is 111 Å². The van der Waals surface area contributed by atoms with Gasteiger partial charge in [0.05, 0.1) is 175 Å². The smallest absolute Gasteiger partial charge is 0.230 e. The lowest BCUT2D eigenvalue weighted by atomic mass is 9.90. The average molecular weight is 1610 g/mol. The van der Waals surface area contributed by atoms with Crippen LogP contribution in [0, 0.1) is 0 Å². The number of azide groups is 1. The number of hydrogen-bond donors (Lipinski definition) is 15. The summed E-state index contributed by atoms with van der Waals surface area (Å²) in [5.74, 6) is -4.91. The monoisotopic (exact) mass is 1610 g/mol. The van der Waals surface area contributed by atoms with Gasteiger partial charge in [-0.15, -0.1) is 0 Å². The highest BCUT2D eigenvalue weighted by atomic mass is 16.6. The van der Waals surface area contributed by atoms with Gasteiger partial charge in [0.2, 0.25) is 35.4 Å². The molecule has 0 aromatic heterocycles. The molecule has 0 aliphatic carbocycles. The van der Waals surface area contributed by atoms with Crippen LogP contribution in [0.5, 0.6) is 0 Å². The quantitative estimate of drug-likeness (QED) is 0.00886. The van der Waals surface area contributed by atoms with Crippen molar-refractivity contribution in [2.75, 3.05) is 172 Å². The largest absolute Gasteiger partial charge is 0.394 e. The number of nitrogens with one attached hydrogen (secondary N) is 6. The molecule has 3 fully saturated rings. The number of carbonyl (C=O) groups is 11. The van der Waals surface area contributed by atoms with E-state index in [1.165, 1.54) is 20.8 Å². The Morgan fingerprint density at radius 2 is 0.679 bits per heavy atom. The first-order valence-corrected chi connectivity index (χ1v) is 37.6. The number of carbonyl (C=O) groups excluding carboxylic acids is 11. The summed E-state index contributed by atoms with van der Waals surface area (Å²) in [6.07, 6.45) is -16.6. The molecular formula is C70H119N9O33. The van der Waals surface area contributed by atoms with E-state index in [0.717, 1.165) is 0 Å². The Labute approximate surface area is 649 Å². The van der Waals surface area contributed by atoms with Crippen molar-refractivity contribution in [1.29, 1.82) is 0 Å². The number of rotatable bonds is 65. The van der Waals surface area contributed by atoms with Crippen LogP contribution < -0.4 is 31.9 Å². The zero-order chi connectivity index (χ0) is 82.6. The van der Waals surface area contributed by atoms with Crippen molar-refractivity contribution in [1.82, 2.24) is 31.9 Å². The van der Waals surface area contributed by atoms with E-state index in [2.05, 4.69) is 41.9 Å². The van der Waals surface area contributed by atoms with Gasteiger partial charge in [0.15, 0.2) is 0 Å². The number of hydrogen-bond acceptors (Lipinski definition) is 34. The molecule has 642 valence electrons. The molecule has 0 saturated carbocycles. The van der Waals surface area contributed by atoms with Crippen molar-refractivity contribution in [3.8, 4) is 0 Å². The minimum absolute atomic E-state index is 0.000612. The molecule has 15 atom stereocenters. The second kappa shape index (κ2) is 58.4. The maximum Gasteiger partial charge on any atom is 0.230 e. The maximum atomic E-state index is 13.7. The standard InChI is InChI=1S/C70H119N9O33/c1-44(83)75-61-52(110-55(38-80)64(94)67(61)97)34-49(88)10-19-102-30-28-100-17-4-6-47(86)8-22-107-41-70(78-60(93)37-59(92)73-15-25-105-27-16-74-79-71,42-108-23-9-48(87)7-5-18-101-29-31-103-20-11-50(89)35-53-62(76-45(2)84)68(98)65(95)56(39-81)111-53)43-109-24-13-58(91)72-14-26-106-33-32-104-21-12-51(90)36-54-63(77-46(3)85)69(99)66(96)57(40-82)112-54/h52-57,61-69,80-82,94-99H,4-43H2,1-3H3,(H,72,91)(H,73,92)(H,75,83)(H,76,84)(H,77,85)(H,78,93). The number of Topliss-reactive ketones (excluding diaryl/α,β-unsaturated/α-hetero) is 5. The SMILES string of the molecule is CC(=O)NC1C(CC(=O)CCOCCOCCCC(=O)CCOCC(COCCC(=O)CCCOCCOCCC(=O)CC2OC(CO)C(O)C(O)C2NC(C)=O)(COCCC(=O)NCCOCCOCCC(=O)CC2OC(CO)C(O)C(O)C2NC(C)=O)NC(=O)CC(=O)NCCOCCN=[N+]=[N-])OC(CO)C(O)C1O. The number of aliphatic hydroxyl groups is 9. The molecule has 0 spiro atoms. The van der Waals surface area contributed by atoms with Gasteiger partial charge in [-0.2, -0.15) is 0 Å². The van der Waals surface area contributed by atoms with Crippen molar-refractivity contribution in [2.45, 2.75) is 208 Å². The predicted octanol–water partition coefficient (Wildman–Crippen LogP) is -6.18. The predicted molar refractivity (Wildman–Crippen MR) is 385 cm³/mol. The molecule has 0 bridgehead atoms. The summed E-state index contributed by atoms with van der Waals surface area (Å²) in [5.41, 5.74) is 6.90. The van der Waals surface area contributed by atoms with Crippen LogP contribution in [-0.2, 0) is 114 Å². The Bertz CT molecular complexity index is 2610. The van der Waals surface area contributed by atoms with E-state index in [9.17, 15) is 98.7 Å². The second-order valence-electron chi connectivity index (χ2n) is 26.9. The van der Waals surface area contributed by atoms with E-state index in [4.69, 9.17) is 67.1 Å². The van der Waals surface area contributed by atoms with Gasteiger partial charge in [-0.1, -0.05) is 5.11 Å². The van der Waals surface area contributed by atoms with Gasteiger partial charge in [0, 0.05) is 129 Å². The molecule has 3 aliphatic heterocycles. The fourth-order valence-electron chi connectivity index (χ4n) is 11.8. The van der Waals surface area contributed by atoms with Gasteiger partial charge in [-0.05, 0) is 18.4 Å². The topological polar surface area (TPSA) is 611 Å². The van der Waals surface area contributed by atoms with Crippen LogP contribution in [-0.4, -0.2) is 379 Å². The highest BCUT2D eigenvalue weighted by Crippen LogP contribution is 2.27. The van der Waals surface area contributed by atoms with Gasteiger partial charge in [-0.25, -0.2) is 0 Å². The number of aliphatic hydroxyl groups excluding tert-OH is 9. The zero-order valence-corrected chi connectivity index (χ0v) is 64.1. The zero-order valence-electron chi connectivity index (χ0n) is 64.1. The van der Waals surface area contributed by atoms with E-state index in [1.807, 2.05) is 0 Å². The molecule has 6 amide bonds. The summed E-state index contributed by atoms with van der Waals surface area (Å²) in [7, 11) is 0. The van der Waals surface area contributed by atoms with Gasteiger partial charge in [0.25, 0.3) is 0 Å². The van der Waals surface area contributed by atoms with Gasteiger partial charge in [0.1, 0.15) is 95.8 Å². The van der Waals surface area contributed by atoms with E-state index in [-0.39, 0.29) is 251 Å². The summed E-state index contributed by atoms with van der Waals surface area (Å²) in [6.45, 7) is 1.43. The third-order valence-electron chi connectivity index (χ3n) is 17.6. The van der Waals surface area contributed by atoms with Gasteiger partial charge < -0.3 is 139 Å². The molecule has 42 heteroatoms. The van der Waals surface area contributed by atoms with Crippen molar-refractivity contribution in [3.63, 3.8) is 0 Å². The first-order valence-electron chi connectivity index (χ1n) is 37.6. The summed E-state index contributed by atoms with van der Waals surface area (Å²) in [5, 5.41) is 110. The van der Waals surface area contributed by atoms with Crippen LogP contribution in [0.4, 0.5) is 0 Å². The molecule has 15 unspecified atom stereocenters. The minimum Gasteiger partial charge on any atom is -0.394 e. The molecular weight excluding hydrogens is 1490 g/mol. The molecule has 3 aliphatic rings. The van der Waals surface area contributed by atoms with E-state index in [0.29, 0.717) is 12.8 Å². The van der Waals surface area contributed by atoms with Crippen molar-refractivity contribution in [3.05, 3.63) is 10.4 Å². The van der Waals surface area contributed by atoms with E-state index >= 15 is 0 Å². The second-order valence-corrected chi connectivity index (χ2v) is 26.9. The number of ether oxygens (including phenoxy) is 13. The van der Waals surface area contributed by atoms with Crippen LogP contribution in [0.25, 0.3) is 10.4 Å². The summed E-state index contributed by atoms with van der Waals surface area (Å²) >= 11 is 0. The minimum atomic E-state index is -1.60. The van der Waals surface area contributed by atoms with Crippen molar-refractivity contribution >= 4 is 64.4 Å². The lowest BCUT2D eigenvalue weighted by Crippen LogP contribution is -2.64. The summed E-state index contributed by atoms with van der Waals surface area (Å²) in [4.78, 5) is 142. The lowest BCUT2D eigenvalue weighted by molar-refractivity contribution is -0.196. The highest BCUT2D eigenvalue weighted by molar-refractivity contribution is 5.97. The van der Waals surface area contributed by atoms with Crippen molar-refractivity contribution in [2.24, 2.45) is 5.11 Å². The molecule has 0 aromatic carbocycles. The third-order valence-corrected chi connectivity index (χ3v) is 17.6. The fourth-order valence-corrected chi connectivity index (χ4v) is 11.8. The Balaban J connectivity index is 1.54. The molecule has 3 heterocycles. The fraction of sp³-hybridized carbons (Fsp3) is 0.843. The van der Waals surface area contributed by atoms with Crippen LogP contribution in [0.3, 0.4) is 0 Å². The van der Waals surface area contributed by atoms with E-state index in [1.54, 1.807) is 0 Å². The molecule has 0 radical (unpaired) electrons. The van der Waals surface area contributed by atoms with Crippen molar-refractivity contribution < 1.29 is 160 Å². The van der Waals surface area contributed by atoms with Gasteiger partial charge in [-0.3, -0.25) is 52.7 Å². The Kier molecular flexibility index (Phi) is 52.1. The molecule has 0 aromatic rings. The first kappa shape index (κ1) is 99.8. The first-order chi connectivity index (χ1) is 53.7. The molecule has 15 N–H and O–H groups in total. The Morgan fingerprint density at radius 3 is 1.03 bits per heavy atom. The molecule has 3 rings (SSSR count). The maximum absolute atomic E-state index is 13.7. The average Bonchev–Trinajstić information content (AvgIpc) is 0.815. The third kappa shape index (κ3) is 41.8. The number of nitrogens with zero attached hydrogens (tertiary/aromatic N) is 3. The molecule has 3 saturated heterocycles. The molecule has 112 heavy (non-hydrogen) atoms. The van der Waals surface area contributed by atoms with E-state index < -0.39 is 159 Å². The molecule has 42 nitrogen and oxygen atoms in total. The summed E-state index contributed by atoms with van der Waals surface area (Å²) in [6, 6.07) is -3.28. The lowest BCUT2D eigenvalue weighted by Gasteiger charge is -2.42. The summed E-state index contributed by atoms with van der Waals surface area (Å²) < 4.78 is 73.5. The van der Waals surface area contributed by atoms with Crippen LogP contribution >= 0.6 is 0 Å². The Hall–Kier alpha value is -6.40. The van der Waals surface area contributed by atoms with Crippen LogP contribution in [0.15, 0.2) is 5.11 Å². The Morgan fingerprint density at radius 1 is 0.366 bits per heavy atom. The van der Waals surface area contributed by atoms with Crippen LogP contribution in [0.2, 0.25) is 0 Å². The number of ketones is 5. The normalized spacial score (nSPS) is 24.2. The highest BCUT2D eigenvalue weighted by Gasteiger charge is 2.48.